The van der Waals surface area contributed by atoms with E-state index in [2.05, 4.69) is 22.0 Å². The molecule has 1 aliphatic heterocycles. The number of H-pyrrole nitrogens is 1. The second kappa shape index (κ2) is 6.46. The minimum Gasteiger partial charge on any atom is -0.395 e. The van der Waals surface area contributed by atoms with Gasteiger partial charge in [-0.1, -0.05) is 19.1 Å². The first-order chi connectivity index (χ1) is 10.7. The number of hydrogen-bond acceptors (Lipinski definition) is 4. The Bertz CT molecular complexity index is 642. The van der Waals surface area contributed by atoms with Crippen LogP contribution in [0.15, 0.2) is 24.4 Å². The van der Waals surface area contributed by atoms with E-state index >= 15 is 0 Å². The van der Waals surface area contributed by atoms with Gasteiger partial charge in [0.1, 0.15) is 0 Å². The maximum atomic E-state index is 12.7. The summed E-state index contributed by atoms with van der Waals surface area (Å²) < 4.78 is 0. The summed E-state index contributed by atoms with van der Waals surface area (Å²) in [6.45, 7) is 5.27. The zero-order chi connectivity index (χ0) is 15.5. The van der Waals surface area contributed by atoms with Crippen LogP contribution >= 0.6 is 0 Å². The molecule has 22 heavy (non-hydrogen) atoms. The lowest BCUT2D eigenvalue weighted by Gasteiger charge is -2.38. The van der Waals surface area contributed by atoms with Gasteiger partial charge in [0.2, 0.25) is 0 Å². The molecular formula is C16H22N4O2. The average molecular weight is 302 g/mol. The minimum absolute atomic E-state index is 0.0477. The number of aliphatic hydroxyl groups excluding tert-OH is 1. The summed E-state index contributed by atoms with van der Waals surface area (Å²) in [5, 5.41) is 17.3. The Morgan fingerprint density at radius 1 is 1.36 bits per heavy atom. The molecule has 1 fully saturated rings. The number of para-hydroxylation sites is 1. The summed E-state index contributed by atoms with van der Waals surface area (Å²) in [6, 6.07) is 5.88. The summed E-state index contributed by atoms with van der Waals surface area (Å²) in [6.07, 6.45) is 2.66. The highest BCUT2D eigenvalue weighted by Crippen LogP contribution is 2.19. The molecule has 0 aliphatic carbocycles. The van der Waals surface area contributed by atoms with Crippen LogP contribution in [0.3, 0.4) is 0 Å². The van der Waals surface area contributed by atoms with Crippen molar-refractivity contribution >= 4 is 16.8 Å². The van der Waals surface area contributed by atoms with Gasteiger partial charge in [-0.2, -0.15) is 5.10 Å². The molecule has 0 radical (unpaired) electrons. The topological polar surface area (TPSA) is 72.5 Å². The van der Waals surface area contributed by atoms with Crippen LogP contribution in [0.4, 0.5) is 0 Å². The van der Waals surface area contributed by atoms with Crippen LogP contribution < -0.4 is 0 Å². The summed E-state index contributed by atoms with van der Waals surface area (Å²) in [7, 11) is 0. The third-order valence-corrected chi connectivity index (χ3v) is 4.51. The highest BCUT2D eigenvalue weighted by Gasteiger charge is 2.26. The summed E-state index contributed by atoms with van der Waals surface area (Å²) in [5.41, 5.74) is 1.48. The van der Waals surface area contributed by atoms with E-state index < -0.39 is 0 Å². The lowest BCUT2D eigenvalue weighted by atomic mass is 10.1. The van der Waals surface area contributed by atoms with Gasteiger partial charge in [0.15, 0.2) is 0 Å². The highest BCUT2D eigenvalue weighted by atomic mass is 16.3. The van der Waals surface area contributed by atoms with Gasteiger partial charge in [0, 0.05) is 37.6 Å². The molecule has 2 heterocycles. The molecule has 1 aromatic heterocycles. The molecule has 3 rings (SSSR count). The number of aromatic amines is 1. The van der Waals surface area contributed by atoms with Gasteiger partial charge < -0.3 is 10.0 Å². The molecule has 1 saturated heterocycles. The number of rotatable bonds is 4. The average Bonchev–Trinajstić information content (AvgIpc) is 3.04. The van der Waals surface area contributed by atoms with Crippen molar-refractivity contribution in [2.45, 2.75) is 19.4 Å². The number of fused-ring (bicyclic) bond motifs is 1. The fourth-order valence-electron chi connectivity index (χ4n) is 3.11. The Balaban J connectivity index is 1.71. The van der Waals surface area contributed by atoms with Gasteiger partial charge in [-0.25, -0.2) is 0 Å². The van der Waals surface area contributed by atoms with E-state index in [9.17, 15) is 9.90 Å². The number of benzene rings is 1. The first kappa shape index (κ1) is 15.0. The second-order valence-electron chi connectivity index (χ2n) is 5.71. The van der Waals surface area contributed by atoms with Crippen LogP contribution in [0.2, 0.25) is 0 Å². The van der Waals surface area contributed by atoms with E-state index in [1.807, 2.05) is 23.1 Å². The van der Waals surface area contributed by atoms with Crippen LogP contribution in [0, 0.1) is 0 Å². The van der Waals surface area contributed by atoms with Gasteiger partial charge in [-0.05, 0) is 12.5 Å². The van der Waals surface area contributed by atoms with E-state index in [4.69, 9.17) is 0 Å². The number of amides is 1. The maximum Gasteiger partial charge on any atom is 0.256 e. The van der Waals surface area contributed by atoms with Crippen molar-refractivity contribution < 1.29 is 9.90 Å². The van der Waals surface area contributed by atoms with Gasteiger partial charge >= 0.3 is 0 Å². The number of piperazine rings is 1. The highest BCUT2D eigenvalue weighted by molar-refractivity contribution is 6.05. The number of nitrogens with zero attached hydrogens (tertiary/aromatic N) is 3. The summed E-state index contributed by atoms with van der Waals surface area (Å²) >= 11 is 0. The van der Waals surface area contributed by atoms with Crippen molar-refractivity contribution in [3.05, 3.63) is 30.0 Å². The lowest BCUT2D eigenvalue weighted by Crippen LogP contribution is -2.52. The lowest BCUT2D eigenvalue weighted by molar-refractivity contribution is 0.0473. The van der Waals surface area contributed by atoms with Crippen molar-refractivity contribution in [3.63, 3.8) is 0 Å². The van der Waals surface area contributed by atoms with Gasteiger partial charge in [0.05, 0.1) is 23.9 Å². The molecule has 1 atom stereocenters. The van der Waals surface area contributed by atoms with Crippen molar-refractivity contribution in [2.75, 3.05) is 32.8 Å². The molecule has 2 N–H and O–H groups in total. The first-order valence-electron chi connectivity index (χ1n) is 7.81. The fourth-order valence-corrected chi connectivity index (χ4v) is 3.11. The van der Waals surface area contributed by atoms with Crippen LogP contribution in [0.25, 0.3) is 10.9 Å². The van der Waals surface area contributed by atoms with Crippen molar-refractivity contribution in [1.82, 2.24) is 20.0 Å². The van der Waals surface area contributed by atoms with Crippen LogP contribution in [-0.4, -0.2) is 69.8 Å². The number of carbonyl (C=O) groups excluding carboxylic acids is 1. The summed E-state index contributed by atoms with van der Waals surface area (Å²) in [4.78, 5) is 16.9. The number of aromatic nitrogens is 2. The Morgan fingerprint density at radius 3 is 2.82 bits per heavy atom. The molecule has 1 aromatic carbocycles. The Labute approximate surface area is 129 Å². The third-order valence-electron chi connectivity index (χ3n) is 4.51. The van der Waals surface area contributed by atoms with E-state index in [1.165, 1.54) is 0 Å². The Kier molecular flexibility index (Phi) is 4.40. The zero-order valence-electron chi connectivity index (χ0n) is 12.8. The van der Waals surface area contributed by atoms with Gasteiger partial charge in [-0.15, -0.1) is 0 Å². The molecule has 0 bridgehead atoms. The van der Waals surface area contributed by atoms with Crippen molar-refractivity contribution in [1.29, 1.82) is 0 Å². The van der Waals surface area contributed by atoms with E-state index in [0.29, 0.717) is 18.7 Å². The first-order valence-corrected chi connectivity index (χ1v) is 7.81. The molecule has 0 spiro atoms. The molecule has 1 aliphatic rings. The minimum atomic E-state index is 0.0477. The molecule has 0 saturated carbocycles. The number of nitrogens with one attached hydrogen (secondary N) is 1. The van der Waals surface area contributed by atoms with E-state index in [-0.39, 0.29) is 18.6 Å². The van der Waals surface area contributed by atoms with E-state index in [1.54, 1.807) is 6.20 Å². The number of aliphatic hydroxyl groups is 1. The molecule has 6 heteroatoms. The number of hydrogen-bond donors (Lipinski definition) is 2. The molecular weight excluding hydrogens is 280 g/mol. The van der Waals surface area contributed by atoms with Crippen LogP contribution in [0.5, 0.6) is 0 Å². The van der Waals surface area contributed by atoms with Crippen LogP contribution in [0.1, 0.15) is 23.7 Å². The quantitative estimate of drug-likeness (QED) is 0.887. The normalized spacial score (nSPS) is 17.8. The smallest absolute Gasteiger partial charge is 0.256 e. The molecule has 2 aromatic rings. The standard InChI is InChI=1S/C16H22N4O2/c1-2-13(11-21)19-6-8-20(9-7-19)16(22)14-5-3-4-12-10-17-18-15(12)14/h3-5,10,13,21H,2,6-9,11H2,1H3,(H,17,18). The van der Waals surface area contributed by atoms with Crippen LogP contribution in [-0.2, 0) is 0 Å². The zero-order valence-corrected chi connectivity index (χ0v) is 12.8. The largest absolute Gasteiger partial charge is 0.395 e. The molecule has 1 amide bonds. The maximum absolute atomic E-state index is 12.7. The molecule has 6 nitrogen and oxygen atoms in total. The van der Waals surface area contributed by atoms with Gasteiger partial charge in [0.25, 0.3) is 5.91 Å². The third kappa shape index (κ3) is 2.71. The Morgan fingerprint density at radius 2 is 2.14 bits per heavy atom. The monoisotopic (exact) mass is 302 g/mol. The summed E-state index contributed by atoms with van der Waals surface area (Å²) in [5.74, 6) is 0.0477. The van der Waals surface area contributed by atoms with Crippen molar-refractivity contribution in [3.8, 4) is 0 Å². The van der Waals surface area contributed by atoms with E-state index in [0.717, 1.165) is 30.4 Å². The Hall–Kier alpha value is -1.92. The second-order valence-corrected chi connectivity index (χ2v) is 5.71. The molecule has 1 unspecified atom stereocenters. The van der Waals surface area contributed by atoms with Gasteiger partial charge in [-0.3, -0.25) is 14.8 Å². The SMILES string of the molecule is CCC(CO)N1CCN(C(=O)c2cccc3cn[nH]c23)CC1. The van der Waals surface area contributed by atoms with Crippen molar-refractivity contribution in [2.24, 2.45) is 0 Å². The predicted molar refractivity (Wildman–Crippen MR) is 84.7 cm³/mol. The predicted octanol–water partition coefficient (Wildman–Crippen LogP) is 1.09. The number of carbonyl (C=O) groups is 1. The molecule has 118 valence electrons. The fraction of sp³-hybridized carbons (Fsp3) is 0.500.